The molecule has 1 fully saturated rings. The molecule has 31 heavy (non-hydrogen) atoms. The average Bonchev–Trinajstić information content (AvgIpc) is 3.00. The highest BCUT2D eigenvalue weighted by Gasteiger charge is 2.36. The zero-order chi connectivity index (χ0) is 22.5. The molecule has 1 atom stereocenters. The number of ether oxygens (including phenoxy) is 2. The van der Waals surface area contributed by atoms with E-state index >= 15 is 0 Å². The third-order valence-corrected chi connectivity index (χ3v) is 6.32. The van der Waals surface area contributed by atoms with Gasteiger partial charge in [0.05, 0.1) is 14.2 Å². The number of nitrogens with zero attached hydrogens (tertiary/aromatic N) is 3. The SMILES string of the molecule is C/C=C(\C)CN1CCc2c(C(=O)N3CCCC[C@H]3C(=O)OC)c(OC)cc(=O)n2CC1. The maximum Gasteiger partial charge on any atom is 0.328 e. The van der Waals surface area contributed by atoms with E-state index in [2.05, 4.69) is 17.9 Å². The number of rotatable bonds is 5. The Bertz CT molecular complexity index is 921. The van der Waals surface area contributed by atoms with E-state index in [1.165, 1.54) is 25.9 Å². The summed E-state index contributed by atoms with van der Waals surface area (Å²) in [6, 6.07) is 0.781. The van der Waals surface area contributed by atoms with Crippen molar-refractivity contribution < 1.29 is 19.1 Å². The smallest absolute Gasteiger partial charge is 0.328 e. The summed E-state index contributed by atoms with van der Waals surface area (Å²) in [5.41, 5.74) is 2.17. The average molecular weight is 432 g/mol. The Kier molecular flexibility index (Phi) is 7.54. The van der Waals surface area contributed by atoms with Crippen molar-refractivity contribution >= 4 is 11.9 Å². The number of pyridine rings is 1. The van der Waals surface area contributed by atoms with Gasteiger partial charge in [-0.05, 0) is 33.1 Å². The van der Waals surface area contributed by atoms with Gasteiger partial charge in [0.2, 0.25) is 0 Å². The predicted octanol–water partition coefficient (Wildman–Crippen LogP) is 1.85. The van der Waals surface area contributed by atoms with Crippen LogP contribution in [0, 0.1) is 0 Å². The van der Waals surface area contributed by atoms with Crippen molar-refractivity contribution in [1.82, 2.24) is 14.4 Å². The fourth-order valence-corrected chi connectivity index (χ4v) is 4.49. The summed E-state index contributed by atoms with van der Waals surface area (Å²) in [4.78, 5) is 42.7. The van der Waals surface area contributed by atoms with Crippen LogP contribution in [0.3, 0.4) is 0 Å². The van der Waals surface area contributed by atoms with E-state index in [0.717, 1.165) is 32.5 Å². The molecule has 1 aromatic rings. The number of piperidine rings is 1. The monoisotopic (exact) mass is 431 g/mol. The van der Waals surface area contributed by atoms with Gasteiger partial charge >= 0.3 is 5.97 Å². The highest BCUT2D eigenvalue weighted by molar-refractivity contribution is 6.00. The lowest BCUT2D eigenvalue weighted by Crippen LogP contribution is -2.49. The number of likely N-dealkylation sites (tertiary alicyclic amines) is 1. The van der Waals surface area contributed by atoms with E-state index in [0.29, 0.717) is 37.2 Å². The van der Waals surface area contributed by atoms with E-state index in [1.54, 1.807) is 9.47 Å². The minimum absolute atomic E-state index is 0.170. The molecule has 0 radical (unpaired) electrons. The highest BCUT2D eigenvalue weighted by atomic mass is 16.5. The lowest BCUT2D eigenvalue weighted by Gasteiger charge is -2.34. The second-order valence-corrected chi connectivity index (χ2v) is 8.22. The molecule has 2 aliphatic heterocycles. The summed E-state index contributed by atoms with van der Waals surface area (Å²) in [6.45, 7) is 7.39. The molecule has 0 N–H and O–H groups in total. The quantitative estimate of drug-likeness (QED) is 0.523. The van der Waals surface area contributed by atoms with Crippen LogP contribution < -0.4 is 10.3 Å². The first-order valence-corrected chi connectivity index (χ1v) is 10.9. The van der Waals surface area contributed by atoms with Gasteiger partial charge < -0.3 is 18.9 Å². The summed E-state index contributed by atoms with van der Waals surface area (Å²) < 4.78 is 12.1. The van der Waals surface area contributed by atoms with E-state index < -0.39 is 12.0 Å². The molecule has 170 valence electrons. The number of fused-ring (bicyclic) bond motifs is 1. The Morgan fingerprint density at radius 1 is 1.16 bits per heavy atom. The lowest BCUT2D eigenvalue weighted by atomic mass is 9.99. The zero-order valence-electron chi connectivity index (χ0n) is 19.0. The number of allylic oxidation sites excluding steroid dienone is 1. The Morgan fingerprint density at radius 3 is 2.61 bits per heavy atom. The summed E-state index contributed by atoms with van der Waals surface area (Å²) in [5.74, 6) is -0.401. The molecule has 0 aromatic carbocycles. The van der Waals surface area contributed by atoms with Crippen LogP contribution in [-0.2, 0) is 22.5 Å². The van der Waals surface area contributed by atoms with Gasteiger partial charge in [0, 0.05) is 50.9 Å². The topological polar surface area (TPSA) is 81.1 Å². The normalized spacial score (nSPS) is 20.1. The fraction of sp³-hybridized carbons (Fsp3) is 0.609. The summed E-state index contributed by atoms with van der Waals surface area (Å²) >= 11 is 0. The number of esters is 1. The van der Waals surface area contributed by atoms with Gasteiger partial charge in [-0.2, -0.15) is 0 Å². The minimum atomic E-state index is -0.608. The van der Waals surface area contributed by atoms with Crippen molar-refractivity contribution in [2.75, 3.05) is 40.4 Å². The first kappa shape index (κ1) is 23.1. The van der Waals surface area contributed by atoms with E-state index in [9.17, 15) is 14.4 Å². The molecule has 8 heteroatoms. The van der Waals surface area contributed by atoms with Crippen molar-refractivity contribution in [1.29, 1.82) is 0 Å². The van der Waals surface area contributed by atoms with Crippen molar-refractivity contribution in [2.24, 2.45) is 0 Å². The molecule has 1 amide bonds. The zero-order valence-corrected chi connectivity index (χ0v) is 19.0. The third kappa shape index (κ3) is 4.84. The first-order chi connectivity index (χ1) is 14.9. The predicted molar refractivity (Wildman–Crippen MR) is 118 cm³/mol. The number of carbonyl (C=O) groups excluding carboxylic acids is 2. The van der Waals surface area contributed by atoms with Crippen LogP contribution in [0.15, 0.2) is 22.5 Å². The molecule has 0 saturated carbocycles. The van der Waals surface area contributed by atoms with Crippen LogP contribution in [0.2, 0.25) is 0 Å². The van der Waals surface area contributed by atoms with Gasteiger partial charge in [-0.15, -0.1) is 0 Å². The molecule has 1 saturated heterocycles. The number of methoxy groups -OCH3 is 2. The van der Waals surface area contributed by atoms with E-state index in [-0.39, 0.29) is 17.2 Å². The standard InChI is InChI=1S/C23H33N3O5/c1-5-16(2)15-24-11-9-17-21(19(30-3)14-20(27)25(17)13-12-24)22(28)26-10-7-6-8-18(26)23(29)31-4/h5,14,18H,6-13,15H2,1-4H3/b16-5+/t18-/m0/s1. The maximum absolute atomic E-state index is 13.7. The second kappa shape index (κ2) is 10.1. The van der Waals surface area contributed by atoms with Crippen LogP contribution >= 0.6 is 0 Å². The number of amides is 1. The van der Waals surface area contributed by atoms with Gasteiger partial charge in [0.1, 0.15) is 17.4 Å². The van der Waals surface area contributed by atoms with Crippen LogP contribution in [0.5, 0.6) is 5.75 Å². The number of aromatic nitrogens is 1. The summed E-state index contributed by atoms with van der Waals surface area (Å²) in [5, 5.41) is 0. The van der Waals surface area contributed by atoms with E-state index in [1.807, 2.05) is 6.92 Å². The molecule has 0 unspecified atom stereocenters. The number of carbonyl (C=O) groups is 2. The summed E-state index contributed by atoms with van der Waals surface area (Å²) in [6.07, 6.45) is 4.91. The lowest BCUT2D eigenvalue weighted by molar-refractivity contribution is -0.147. The maximum atomic E-state index is 13.7. The Hall–Kier alpha value is -2.61. The van der Waals surface area contributed by atoms with Crippen LogP contribution in [0.1, 0.15) is 49.2 Å². The molecular weight excluding hydrogens is 398 g/mol. The molecule has 0 aliphatic carbocycles. The van der Waals surface area contributed by atoms with Crippen LogP contribution in [-0.4, -0.2) is 72.7 Å². The van der Waals surface area contributed by atoms with Crippen molar-refractivity contribution in [3.05, 3.63) is 39.3 Å². The van der Waals surface area contributed by atoms with Gasteiger partial charge in [0.15, 0.2) is 0 Å². The van der Waals surface area contributed by atoms with Gasteiger partial charge in [-0.1, -0.05) is 11.6 Å². The van der Waals surface area contributed by atoms with E-state index in [4.69, 9.17) is 9.47 Å². The first-order valence-electron chi connectivity index (χ1n) is 10.9. The van der Waals surface area contributed by atoms with Gasteiger partial charge in [-0.3, -0.25) is 14.5 Å². The van der Waals surface area contributed by atoms with Crippen molar-refractivity contribution in [3.63, 3.8) is 0 Å². The fourth-order valence-electron chi connectivity index (χ4n) is 4.49. The molecule has 3 rings (SSSR count). The number of hydrogen-bond acceptors (Lipinski definition) is 6. The Labute approximate surface area is 183 Å². The van der Waals surface area contributed by atoms with Crippen LogP contribution in [0.25, 0.3) is 0 Å². The molecular formula is C23H33N3O5. The van der Waals surface area contributed by atoms with Gasteiger partial charge in [0.25, 0.3) is 11.5 Å². The summed E-state index contributed by atoms with van der Waals surface area (Å²) in [7, 11) is 2.81. The van der Waals surface area contributed by atoms with Crippen LogP contribution in [0.4, 0.5) is 0 Å². The molecule has 1 aromatic heterocycles. The number of hydrogen-bond donors (Lipinski definition) is 0. The van der Waals surface area contributed by atoms with Crippen molar-refractivity contribution in [3.8, 4) is 5.75 Å². The molecule has 3 heterocycles. The largest absolute Gasteiger partial charge is 0.496 e. The third-order valence-electron chi connectivity index (χ3n) is 6.32. The molecule has 0 bridgehead atoms. The minimum Gasteiger partial charge on any atom is -0.496 e. The second-order valence-electron chi connectivity index (χ2n) is 8.22. The highest BCUT2D eigenvalue weighted by Crippen LogP contribution is 2.28. The molecule has 2 aliphatic rings. The molecule has 0 spiro atoms. The Morgan fingerprint density at radius 2 is 1.94 bits per heavy atom. The Balaban J connectivity index is 2.00. The molecule has 8 nitrogen and oxygen atoms in total. The van der Waals surface area contributed by atoms with Crippen molar-refractivity contribution in [2.45, 2.75) is 52.1 Å². The van der Waals surface area contributed by atoms with Gasteiger partial charge in [-0.25, -0.2) is 4.79 Å².